The average Bonchev–Trinajstić information content (AvgIpc) is 3.03. The Morgan fingerprint density at radius 3 is 2.69 bits per heavy atom. The SMILES string of the molecule is CNc1nccc2c1CN(C(C)c1cc(C)c(OCC(F)(F)C(F)F)cn1)C2=O. The lowest BCUT2D eigenvalue weighted by Gasteiger charge is -2.24. The van der Waals surface area contributed by atoms with Gasteiger partial charge in [0.1, 0.15) is 11.6 Å². The highest BCUT2D eigenvalue weighted by molar-refractivity contribution is 5.99. The summed E-state index contributed by atoms with van der Waals surface area (Å²) in [6.07, 6.45) is -1.05. The zero-order valence-electron chi connectivity index (χ0n) is 16.0. The van der Waals surface area contributed by atoms with E-state index in [1.807, 2.05) is 0 Å². The topological polar surface area (TPSA) is 67.3 Å². The number of carbonyl (C=O) groups is 1. The molecule has 2 aromatic rings. The van der Waals surface area contributed by atoms with Crippen molar-refractivity contribution in [1.82, 2.24) is 14.9 Å². The van der Waals surface area contributed by atoms with E-state index in [1.54, 1.807) is 44.1 Å². The monoisotopic (exact) mass is 412 g/mol. The molecule has 1 N–H and O–H groups in total. The van der Waals surface area contributed by atoms with Gasteiger partial charge in [0.15, 0.2) is 6.61 Å². The Bertz CT molecular complexity index is 923. The Kier molecular flexibility index (Phi) is 5.63. The molecule has 1 unspecified atom stereocenters. The first-order valence-electron chi connectivity index (χ1n) is 8.87. The molecule has 1 amide bonds. The number of halogens is 4. The van der Waals surface area contributed by atoms with Crippen LogP contribution in [0.5, 0.6) is 5.75 Å². The number of fused-ring (bicyclic) bond motifs is 1. The molecule has 0 fully saturated rings. The van der Waals surface area contributed by atoms with Gasteiger partial charge in [-0.1, -0.05) is 0 Å². The van der Waals surface area contributed by atoms with Crippen molar-refractivity contribution in [2.24, 2.45) is 0 Å². The van der Waals surface area contributed by atoms with Gasteiger partial charge in [-0.2, -0.15) is 8.78 Å². The van der Waals surface area contributed by atoms with Gasteiger partial charge in [-0.3, -0.25) is 9.78 Å². The zero-order valence-corrected chi connectivity index (χ0v) is 16.0. The van der Waals surface area contributed by atoms with Crippen molar-refractivity contribution in [2.45, 2.75) is 38.8 Å². The minimum absolute atomic E-state index is 0.0148. The van der Waals surface area contributed by atoms with Crippen molar-refractivity contribution in [3.8, 4) is 5.75 Å². The molecule has 1 aliphatic rings. The molecular formula is C19H20F4N4O2. The standard InChI is InChI=1S/C19H20F4N4O2/c1-10-6-14(26-7-15(10)29-9-19(22,23)18(20)21)11(2)27-8-13-12(17(27)28)4-5-25-16(13)24-3/h4-7,11,18H,8-9H2,1-3H3,(H,24,25). The van der Waals surface area contributed by atoms with Gasteiger partial charge in [0, 0.05) is 24.4 Å². The molecule has 2 aromatic heterocycles. The highest BCUT2D eigenvalue weighted by Gasteiger charge is 2.42. The van der Waals surface area contributed by atoms with E-state index in [1.165, 1.54) is 6.20 Å². The third-order valence-corrected chi connectivity index (χ3v) is 4.83. The molecule has 0 aromatic carbocycles. The minimum atomic E-state index is -4.24. The molecule has 3 heterocycles. The van der Waals surface area contributed by atoms with E-state index >= 15 is 0 Å². The summed E-state index contributed by atoms with van der Waals surface area (Å²) in [7, 11) is 1.72. The van der Waals surface area contributed by atoms with Gasteiger partial charge in [-0.05, 0) is 31.5 Å². The first kappa shape index (κ1) is 20.8. The highest BCUT2D eigenvalue weighted by atomic mass is 19.3. The van der Waals surface area contributed by atoms with Gasteiger partial charge in [0.2, 0.25) is 0 Å². The van der Waals surface area contributed by atoms with Crippen molar-refractivity contribution in [2.75, 3.05) is 19.0 Å². The number of nitrogens with one attached hydrogen (secondary N) is 1. The van der Waals surface area contributed by atoms with Crippen molar-refractivity contribution in [3.05, 3.63) is 46.9 Å². The summed E-state index contributed by atoms with van der Waals surface area (Å²) < 4.78 is 55.5. The van der Waals surface area contributed by atoms with Crippen LogP contribution in [0.1, 0.15) is 40.1 Å². The Morgan fingerprint density at radius 2 is 2.07 bits per heavy atom. The van der Waals surface area contributed by atoms with E-state index in [0.717, 1.165) is 5.56 Å². The molecule has 1 atom stereocenters. The maximum absolute atomic E-state index is 13.1. The van der Waals surface area contributed by atoms with E-state index in [9.17, 15) is 22.4 Å². The number of ether oxygens (including phenoxy) is 1. The number of hydrogen-bond acceptors (Lipinski definition) is 5. The molecule has 0 saturated carbocycles. The summed E-state index contributed by atoms with van der Waals surface area (Å²) >= 11 is 0. The van der Waals surface area contributed by atoms with Gasteiger partial charge < -0.3 is 15.0 Å². The van der Waals surface area contributed by atoms with Gasteiger partial charge in [-0.25, -0.2) is 13.8 Å². The van der Waals surface area contributed by atoms with Gasteiger partial charge in [-0.15, -0.1) is 0 Å². The number of alkyl halides is 4. The Hall–Kier alpha value is -2.91. The van der Waals surface area contributed by atoms with Crippen LogP contribution in [0.15, 0.2) is 24.5 Å². The fraction of sp³-hybridized carbons (Fsp3) is 0.421. The quantitative estimate of drug-likeness (QED) is 0.701. The number of amides is 1. The molecule has 0 bridgehead atoms. The lowest BCUT2D eigenvalue weighted by atomic mass is 10.1. The smallest absolute Gasteiger partial charge is 0.340 e. The molecule has 10 heteroatoms. The third kappa shape index (κ3) is 3.96. The number of aromatic nitrogens is 2. The van der Waals surface area contributed by atoms with Gasteiger partial charge >= 0.3 is 12.3 Å². The predicted molar refractivity (Wildman–Crippen MR) is 97.5 cm³/mol. The first-order chi connectivity index (χ1) is 13.7. The van der Waals surface area contributed by atoms with Crippen LogP contribution in [0, 0.1) is 6.92 Å². The van der Waals surface area contributed by atoms with Crippen molar-refractivity contribution in [3.63, 3.8) is 0 Å². The number of pyridine rings is 2. The summed E-state index contributed by atoms with van der Waals surface area (Å²) in [4.78, 5) is 22.8. The maximum Gasteiger partial charge on any atom is 0.340 e. The van der Waals surface area contributed by atoms with Crippen LogP contribution in [0.3, 0.4) is 0 Å². The second kappa shape index (κ2) is 7.84. The molecular weight excluding hydrogens is 392 g/mol. The van der Waals surface area contributed by atoms with E-state index in [2.05, 4.69) is 15.3 Å². The Morgan fingerprint density at radius 1 is 1.34 bits per heavy atom. The largest absolute Gasteiger partial charge is 0.485 e. The van der Waals surface area contributed by atoms with Crippen molar-refractivity contribution >= 4 is 11.7 Å². The fourth-order valence-electron chi connectivity index (χ4n) is 3.12. The zero-order chi connectivity index (χ0) is 21.3. The molecule has 0 spiro atoms. The summed E-state index contributed by atoms with van der Waals surface area (Å²) in [6, 6.07) is 2.84. The van der Waals surface area contributed by atoms with E-state index in [-0.39, 0.29) is 11.7 Å². The first-order valence-corrected chi connectivity index (χ1v) is 8.87. The number of rotatable bonds is 7. The number of hydrogen-bond donors (Lipinski definition) is 1. The summed E-state index contributed by atoms with van der Waals surface area (Å²) in [5.74, 6) is -3.80. The summed E-state index contributed by atoms with van der Waals surface area (Å²) in [6.45, 7) is 2.29. The van der Waals surface area contributed by atoms with Gasteiger partial charge in [0.25, 0.3) is 5.91 Å². The van der Waals surface area contributed by atoms with Crippen molar-refractivity contribution in [1.29, 1.82) is 0 Å². The normalized spacial score (nSPS) is 14.9. The molecule has 1 aliphatic heterocycles. The average molecular weight is 412 g/mol. The molecule has 156 valence electrons. The fourth-order valence-corrected chi connectivity index (χ4v) is 3.12. The van der Waals surface area contributed by atoms with E-state index in [4.69, 9.17) is 4.74 Å². The number of carbonyl (C=O) groups excluding carboxylic acids is 1. The van der Waals surface area contributed by atoms with Crippen LogP contribution in [0.4, 0.5) is 23.4 Å². The Balaban J connectivity index is 1.76. The third-order valence-electron chi connectivity index (χ3n) is 4.83. The van der Waals surface area contributed by atoms with Crippen molar-refractivity contribution < 1.29 is 27.1 Å². The molecule has 29 heavy (non-hydrogen) atoms. The summed E-state index contributed by atoms with van der Waals surface area (Å²) in [5, 5.41) is 2.96. The van der Waals surface area contributed by atoms with Crippen LogP contribution in [0.25, 0.3) is 0 Å². The van der Waals surface area contributed by atoms with Crippen LogP contribution in [-0.4, -0.2) is 46.8 Å². The number of anilines is 1. The highest BCUT2D eigenvalue weighted by Crippen LogP contribution is 2.34. The molecule has 0 aliphatic carbocycles. The number of aryl methyl sites for hydroxylation is 1. The second-order valence-corrected chi connectivity index (χ2v) is 6.77. The van der Waals surface area contributed by atoms with Crippen LogP contribution >= 0.6 is 0 Å². The van der Waals surface area contributed by atoms with Crippen LogP contribution in [-0.2, 0) is 6.54 Å². The lowest BCUT2D eigenvalue weighted by Crippen LogP contribution is -2.34. The second-order valence-electron chi connectivity index (χ2n) is 6.77. The molecule has 0 radical (unpaired) electrons. The van der Waals surface area contributed by atoms with Crippen LogP contribution in [0.2, 0.25) is 0 Å². The Labute approximate surface area is 164 Å². The van der Waals surface area contributed by atoms with E-state index in [0.29, 0.717) is 29.2 Å². The summed E-state index contributed by atoms with van der Waals surface area (Å²) in [5.41, 5.74) is 2.32. The predicted octanol–water partition coefficient (Wildman–Crippen LogP) is 3.82. The molecule has 3 rings (SSSR count). The van der Waals surface area contributed by atoms with Gasteiger partial charge in [0.05, 0.1) is 24.5 Å². The molecule has 0 saturated heterocycles. The maximum atomic E-state index is 13.1. The van der Waals surface area contributed by atoms with E-state index < -0.39 is 25.0 Å². The molecule has 6 nitrogen and oxygen atoms in total. The minimum Gasteiger partial charge on any atom is -0.485 e. The lowest BCUT2D eigenvalue weighted by molar-refractivity contribution is -0.148. The number of nitrogens with zero attached hydrogens (tertiary/aromatic N) is 3. The van der Waals surface area contributed by atoms with Crippen LogP contribution < -0.4 is 10.1 Å².